The van der Waals surface area contributed by atoms with Crippen molar-refractivity contribution >= 4 is 23.5 Å². The zero-order chi connectivity index (χ0) is 16.2. The van der Waals surface area contributed by atoms with Gasteiger partial charge >= 0.3 is 6.03 Å². The molecule has 0 spiro atoms. The number of urea groups is 1. The van der Waals surface area contributed by atoms with Crippen LogP contribution in [0.3, 0.4) is 0 Å². The molecule has 1 aliphatic heterocycles. The van der Waals surface area contributed by atoms with Crippen LogP contribution in [0.5, 0.6) is 5.75 Å². The molecule has 0 unspecified atom stereocenters. The molecule has 1 fully saturated rings. The van der Waals surface area contributed by atoms with Gasteiger partial charge in [-0.25, -0.2) is 9.18 Å². The Kier molecular flexibility index (Phi) is 4.71. The summed E-state index contributed by atoms with van der Waals surface area (Å²) in [4.78, 5) is 14.2. The number of benzene rings is 2. The number of methoxy groups -OCH3 is 1. The van der Waals surface area contributed by atoms with E-state index in [1.165, 1.54) is 6.07 Å². The third-order valence-electron chi connectivity index (χ3n) is 3.67. The van der Waals surface area contributed by atoms with Crippen molar-refractivity contribution in [3.05, 3.63) is 59.9 Å². The lowest BCUT2D eigenvalue weighted by Gasteiger charge is -2.25. The van der Waals surface area contributed by atoms with Gasteiger partial charge in [0.1, 0.15) is 16.9 Å². The zero-order valence-corrected chi connectivity index (χ0v) is 13.5. The van der Waals surface area contributed by atoms with Gasteiger partial charge in [0, 0.05) is 17.9 Å². The van der Waals surface area contributed by atoms with Crippen molar-refractivity contribution in [3.8, 4) is 5.75 Å². The van der Waals surface area contributed by atoms with E-state index in [9.17, 15) is 9.18 Å². The summed E-state index contributed by atoms with van der Waals surface area (Å²) >= 11 is 1.56. The molecule has 2 aromatic carbocycles. The molecule has 1 heterocycles. The molecule has 0 saturated carbocycles. The third kappa shape index (κ3) is 3.27. The molecule has 1 aliphatic rings. The largest absolute Gasteiger partial charge is 0.495 e. The normalized spacial score (nSPS) is 17.1. The number of halogens is 1. The van der Waals surface area contributed by atoms with Crippen molar-refractivity contribution in [2.24, 2.45) is 0 Å². The van der Waals surface area contributed by atoms with Gasteiger partial charge in [0.2, 0.25) is 0 Å². The van der Waals surface area contributed by atoms with Gasteiger partial charge in [-0.1, -0.05) is 30.3 Å². The number of thioether (sulfide) groups is 1. The summed E-state index contributed by atoms with van der Waals surface area (Å²) in [5, 5.41) is 2.53. The number of nitrogens with one attached hydrogen (secondary N) is 1. The fourth-order valence-electron chi connectivity index (χ4n) is 2.55. The second kappa shape index (κ2) is 6.91. The van der Waals surface area contributed by atoms with E-state index in [0.717, 1.165) is 5.75 Å². The van der Waals surface area contributed by atoms with Crippen LogP contribution in [0.2, 0.25) is 0 Å². The minimum absolute atomic E-state index is 0.257. The Balaban J connectivity index is 1.80. The minimum Gasteiger partial charge on any atom is -0.495 e. The lowest BCUT2D eigenvalue weighted by Crippen LogP contribution is -2.34. The Labute approximate surface area is 138 Å². The van der Waals surface area contributed by atoms with Crippen LogP contribution in [0.1, 0.15) is 10.9 Å². The van der Waals surface area contributed by atoms with Crippen molar-refractivity contribution in [3.63, 3.8) is 0 Å². The van der Waals surface area contributed by atoms with Gasteiger partial charge in [0.15, 0.2) is 0 Å². The number of carbonyl (C=O) groups is 1. The topological polar surface area (TPSA) is 41.6 Å². The predicted octanol–water partition coefficient (Wildman–Crippen LogP) is 4.11. The molecule has 1 N–H and O–H groups in total. The Hall–Kier alpha value is -2.21. The summed E-state index contributed by atoms with van der Waals surface area (Å²) < 4.78 is 19.3. The predicted molar refractivity (Wildman–Crippen MR) is 90.3 cm³/mol. The first-order valence-corrected chi connectivity index (χ1v) is 8.32. The lowest BCUT2D eigenvalue weighted by atomic mass is 10.2. The molecule has 6 heteroatoms. The average molecular weight is 332 g/mol. The SMILES string of the molecule is COc1ccccc1NC(=O)N1CCS[C@H]1c1ccccc1F. The Bertz CT molecular complexity index is 710. The van der Waals surface area contributed by atoms with E-state index in [-0.39, 0.29) is 17.2 Å². The first kappa shape index (κ1) is 15.7. The molecule has 3 rings (SSSR count). The molecule has 2 aromatic rings. The Morgan fingerprint density at radius 3 is 2.78 bits per heavy atom. The molecule has 0 bridgehead atoms. The monoisotopic (exact) mass is 332 g/mol. The van der Waals surface area contributed by atoms with Crippen LogP contribution in [0.4, 0.5) is 14.9 Å². The first-order valence-electron chi connectivity index (χ1n) is 7.27. The lowest BCUT2D eigenvalue weighted by molar-refractivity contribution is 0.213. The van der Waals surface area contributed by atoms with Crippen molar-refractivity contribution in [1.29, 1.82) is 0 Å². The fraction of sp³-hybridized carbons (Fsp3) is 0.235. The third-order valence-corrected chi connectivity index (χ3v) is 4.91. The highest BCUT2D eigenvalue weighted by Crippen LogP contribution is 2.39. The van der Waals surface area contributed by atoms with E-state index in [1.54, 1.807) is 54.1 Å². The molecule has 1 atom stereocenters. The van der Waals surface area contributed by atoms with Crippen molar-refractivity contribution < 1.29 is 13.9 Å². The van der Waals surface area contributed by atoms with E-state index in [4.69, 9.17) is 4.74 Å². The summed E-state index contributed by atoms with van der Waals surface area (Å²) in [6, 6.07) is 13.5. The number of ether oxygens (including phenoxy) is 1. The highest BCUT2D eigenvalue weighted by molar-refractivity contribution is 7.99. The van der Waals surface area contributed by atoms with E-state index in [2.05, 4.69) is 5.32 Å². The van der Waals surface area contributed by atoms with Gasteiger partial charge in [-0.05, 0) is 18.2 Å². The standard InChI is InChI=1S/C17H17FN2O2S/c1-22-15-9-5-4-8-14(15)19-17(21)20-10-11-23-16(20)12-6-2-3-7-13(12)18/h2-9,16H,10-11H2,1H3,(H,19,21)/t16-/m0/s1. The zero-order valence-electron chi connectivity index (χ0n) is 12.7. The number of anilines is 1. The van der Waals surface area contributed by atoms with E-state index in [0.29, 0.717) is 23.5 Å². The van der Waals surface area contributed by atoms with Crippen molar-refractivity contribution in [1.82, 2.24) is 4.90 Å². The van der Waals surface area contributed by atoms with Crippen molar-refractivity contribution in [2.75, 3.05) is 24.7 Å². The number of carbonyl (C=O) groups excluding carboxylic acids is 1. The molecular weight excluding hydrogens is 315 g/mol. The maximum absolute atomic E-state index is 14.0. The van der Waals surface area contributed by atoms with Gasteiger partial charge in [0.05, 0.1) is 12.8 Å². The van der Waals surface area contributed by atoms with Gasteiger partial charge in [-0.15, -0.1) is 11.8 Å². The Morgan fingerprint density at radius 2 is 2.00 bits per heavy atom. The molecule has 4 nitrogen and oxygen atoms in total. The minimum atomic E-state index is -0.314. The molecule has 0 aliphatic carbocycles. The van der Waals surface area contributed by atoms with Crippen LogP contribution in [0, 0.1) is 5.82 Å². The summed E-state index contributed by atoms with van der Waals surface area (Å²) in [5.74, 6) is 1.08. The van der Waals surface area contributed by atoms with Gasteiger partial charge in [-0.3, -0.25) is 0 Å². The maximum atomic E-state index is 14.0. The summed E-state index contributed by atoms with van der Waals surface area (Å²) in [5.41, 5.74) is 1.13. The van der Waals surface area contributed by atoms with Crippen LogP contribution in [0.25, 0.3) is 0 Å². The molecule has 120 valence electrons. The maximum Gasteiger partial charge on any atom is 0.323 e. The number of hydrogen-bond donors (Lipinski definition) is 1. The highest BCUT2D eigenvalue weighted by atomic mass is 32.2. The number of hydrogen-bond acceptors (Lipinski definition) is 3. The summed E-state index contributed by atoms with van der Waals surface area (Å²) in [6.07, 6.45) is 0. The highest BCUT2D eigenvalue weighted by Gasteiger charge is 2.32. The smallest absolute Gasteiger partial charge is 0.323 e. The van der Waals surface area contributed by atoms with Crippen LogP contribution in [-0.4, -0.2) is 30.3 Å². The van der Waals surface area contributed by atoms with Gasteiger partial charge in [0.25, 0.3) is 0 Å². The quantitative estimate of drug-likeness (QED) is 0.919. The van der Waals surface area contributed by atoms with Crippen LogP contribution in [0.15, 0.2) is 48.5 Å². The molecule has 1 saturated heterocycles. The van der Waals surface area contributed by atoms with Gasteiger partial charge in [-0.2, -0.15) is 0 Å². The number of nitrogens with zero attached hydrogens (tertiary/aromatic N) is 1. The average Bonchev–Trinajstić information content (AvgIpc) is 3.05. The molecule has 0 aromatic heterocycles. The molecule has 23 heavy (non-hydrogen) atoms. The summed E-state index contributed by atoms with van der Waals surface area (Å²) in [6.45, 7) is 0.574. The van der Waals surface area contributed by atoms with E-state index in [1.807, 2.05) is 12.1 Å². The van der Waals surface area contributed by atoms with E-state index >= 15 is 0 Å². The van der Waals surface area contributed by atoms with Crippen LogP contribution < -0.4 is 10.1 Å². The second-order valence-corrected chi connectivity index (χ2v) is 6.26. The number of rotatable bonds is 3. The number of para-hydroxylation sites is 2. The molecular formula is C17H17FN2O2S. The van der Waals surface area contributed by atoms with Crippen molar-refractivity contribution in [2.45, 2.75) is 5.37 Å². The first-order chi connectivity index (χ1) is 11.2. The second-order valence-electron chi connectivity index (χ2n) is 5.07. The van der Waals surface area contributed by atoms with Crippen LogP contribution >= 0.6 is 11.8 Å². The van der Waals surface area contributed by atoms with Crippen LogP contribution in [-0.2, 0) is 0 Å². The Morgan fingerprint density at radius 1 is 1.26 bits per heavy atom. The fourth-order valence-corrected chi connectivity index (χ4v) is 3.82. The van der Waals surface area contributed by atoms with Gasteiger partial charge < -0.3 is 15.0 Å². The number of amides is 2. The van der Waals surface area contributed by atoms with E-state index < -0.39 is 0 Å². The molecule has 0 radical (unpaired) electrons. The summed E-state index contributed by atoms with van der Waals surface area (Å²) in [7, 11) is 1.55. The molecule has 2 amide bonds.